The fourth-order valence-corrected chi connectivity index (χ4v) is 3.21. The van der Waals surface area contributed by atoms with Gasteiger partial charge in [0.1, 0.15) is 5.15 Å². The SMILES string of the molecule is Cc1ccc2cc(CN(C)C(CN)C3CC3)c(Cl)nc2c1. The maximum atomic E-state index is 6.37. The molecule has 1 aromatic heterocycles. The Balaban J connectivity index is 1.86. The lowest BCUT2D eigenvalue weighted by Crippen LogP contribution is -2.39. The zero-order valence-electron chi connectivity index (χ0n) is 12.6. The van der Waals surface area contributed by atoms with Gasteiger partial charge in [0.2, 0.25) is 0 Å². The first-order valence-corrected chi connectivity index (χ1v) is 7.92. The van der Waals surface area contributed by atoms with E-state index in [0.717, 1.165) is 28.9 Å². The molecule has 3 nitrogen and oxygen atoms in total. The van der Waals surface area contributed by atoms with Crippen molar-refractivity contribution in [3.05, 3.63) is 40.5 Å². The van der Waals surface area contributed by atoms with Crippen molar-refractivity contribution in [2.75, 3.05) is 13.6 Å². The summed E-state index contributed by atoms with van der Waals surface area (Å²) in [7, 11) is 2.13. The molecule has 1 saturated carbocycles. The summed E-state index contributed by atoms with van der Waals surface area (Å²) >= 11 is 6.37. The molecule has 4 heteroatoms. The average Bonchev–Trinajstić information content (AvgIpc) is 3.25. The minimum absolute atomic E-state index is 0.454. The van der Waals surface area contributed by atoms with E-state index >= 15 is 0 Å². The van der Waals surface area contributed by atoms with E-state index in [2.05, 4.69) is 48.1 Å². The van der Waals surface area contributed by atoms with Gasteiger partial charge in [0, 0.05) is 30.1 Å². The number of aryl methyl sites for hydroxylation is 1. The van der Waals surface area contributed by atoms with E-state index in [0.29, 0.717) is 17.7 Å². The summed E-state index contributed by atoms with van der Waals surface area (Å²) in [6.07, 6.45) is 2.60. The summed E-state index contributed by atoms with van der Waals surface area (Å²) < 4.78 is 0. The van der Waals surface area contributed by atoms with Gasteiger partial charge >= 0.3 is 0 Å². The zero-order chi connectivity index (χ0) is 15.0. The minimum Gasteiger partial charge on any atom is -0.329 e. The predicted octanol–water partition coefficient (Wildman–Crippen LogP) is 3.37. The highest BCUT2D eigenvalue weighted by Crippen LogP contribution is 2.35. The van der Waals surface area contributed by atoms with E-state index in [4.69, 9.17) is 17.3 Å². The van der Waals surface area contributed by atoms with Crippen molar-refractivity contribution in [3.63, 3.8) is 0 Å². The van der Waals surface area contributed by atoms with Crippen molar-refractivity contribution < 1.29 is 0 Å². The van der Waals surface area contributed by atoms with Crippen LogP contribution in [0.2, 0.25) is 5.15 Å². The van der Waals surface area contributed by atoms with Gasteiger partial charge in [0.05, 0.1) is 5.52 Å². The number of nitrogens with zero attached hydrogens (tertiary/aromatic N) is 2. The maximum absolute atomic E-state index is 6.37. The van der Waals surface area contributed by atoms with Crippen molar-refractivity contribution in [2.45, 2.75) is 32.4 Å². The van der Waals surface area contributed by atoms with Gasteiger partial charge in [-0.2, -0.15) is 0 Å². The molecule has 3 rings (SSSR count). The van der Waals surface area contributed by atoms with Crippen LogP contribution in [0.5, 0.6) is 0 Å². The second kappa shape index (κ2) is 5.91. The Morgan fingerprint density at radius 1 is 1.38 bits per heavy atom. The molecular formula is C17H22ClN3. The lowest BCUT2D eigenvalue weighted by molar-refractivity contribution is 0.215. The molecule has 112 valence electrons. The molecule has 1 aliphatic carbocycles. The van der Waals surface area contributed by atoms with Crippen LogP contribution in [0.15, 0.2) is 24.3 Å². The van der Waals surface area contributed by atoms with Crippen molar-refractivity contribution in [1.29, 1.82) is 0 Å². The molecule has 2 N–H and O–H groups in total. The fraction of sp³-hybridized carbons (Fsp3) is 0.471. The van der Waals surface area contributed by atoms with Crippen LogP contribution in [0, 0.1) is 12.8 Å². The Labute approximate surface area is 131 Å². The van der Waals surface area contributed by atoms with E-state index < -0.39 is 0 Å². The highest BCUT2D eigenvalue weighted by Gasteiger charge is 2.32. The van der Waals surface area contributed by atoms with Gasteiger partial charge in [-0.3, -0.25) is 4.90 Å². The number of aromatic nitrogens is 1. The van der Waals surface area contributed by atoms with Crippen molar-refractivity contribution in [1.82, 2.24) is 9.88 Å². The number of halogens is 1. The van der Waals surface area contributed by atoms with Gasteiger partial charge in [-0.15, -0.1) is 0 Å². The van der Waals surface area contributed by atoms with Gasteiger partial charge in [-0.1, -0.05) is 23.7 Å². The van der Waals surface area contributed by atoms with E-state index in [1.807, 2.05) is 0 Å². The molecule has 0 spiro atoms. The van der Waals surface area contributed by atoms with Crippen LogP contribution in [-0.2, 0) is 6.54 Å². The normalized spacial score (nSPS) is 16.6. The second-order valence-electron chi connectivity index (χ2n) is 6.19. The average molecular weight is 304 g/mol. The Bertz CT molecular complexity index is 652. The Morgan fingerprint density at radius 3 is 2.81 bits per heavy atom. The molecule has 0 amide bonds. The van der Waals surface area contributed by atoms with Crippen molar-refractivity contribution in [3.8, 4) is 0 Å². The first-order valence-electron chi connectivity index (χ1n) is 7.54. The summed E-state index contributed by atoms with van der Waals surface area (Å²) in [4.78, 5) is 6.86. The van der Waals surface area contributed by atoms with Crippen molar-refractivity contribution in [2.24, 2.45) is 11.7 Å². The summed E-state index contributed by atoms with van der Waals surface area (Å²) in [6, 6.07) is 8.90. The molecule has 1 heterocycles. The van der Waals surface area contributed by atoms with Gasteiger partial charge < -0.3 is 5.73 Å². The van der Waals surface area contributed by atoms with Crippen LogP contribution in [0.3, 0.4) is 0 Å². The van der Waals surface area contributed by atoms with Gasteiger partial charge in [-0.25, -0.2) is 4.98 Å². The first kappa shape index (κ1) is 14.8. The standard InChI is InChI=1S/C17H22ClN3/c1-11-3-4-13-8-14(17(18)20-15(13)7-11)10-21(2)16(9-19)12-5-6-12/h3-4,7-8,12,16H,5-6,9-10,19H2,1-2H3. The number of hydrogen-bond donors (Lipinski definition) is 1. The Hall–Kier alpha value is -1.16. The molecule has 1 aromatic carbocycles. The third kappa shape index (κ3) is 3.20. The molecule has 1 atom stereocenters. The summed E-state index contributed by atoms with van der Waals surface area (Å²) in [6.45, 7) is 3.57. The quantitative estimate of drug-likeness (QED) is 0.861. The van der Waals surface area contributed by atoms with Gasteiger partial charge in [0.15, 0.2) is 0 Å². The number of hydrogen-bond acceptors (Lipinski definition) is 3. The van der Waals surface area contributed by atoms with Crippen LogP contribution in [0.25, 0.3) is 10.9 Å². The highest BCUT2D eigenvalue weighted by atomic mass is 35.5. The fourth-order valence-electron chi connectivity index (χ4n) is 3.01. The molecule has 2 aromatic rings. The zero-order valence-corrected chi connectivity index (χ0v) is 13.4. The van der Waals surface area contributed by atoms with Crippen molar-refractivity contribution >= 4 is 22.5 Å². The topological polar surface area (TPSA) is 42.1 Å². The summed E-state index contributed by atoms with van der Waals surface area (Å²) in [5, 5.41) is 1.75. The molecule has 21 heavy (non-hydrogen) atoms. The number of nitrogens with two attached hydrogens (primary N) is 1. The van der Waals surface area contributed by atoms with E-state index in [1.165, 1.54) is 18.4 Å². The summed E-state index contributed by atoms with van der Waals surface area (Å²) in [5.41, 5.74) is 9.17. The third-order valence-electron chi connectivity index (χ3n) is 4.39. The molecule has 0 bridgehead atoms. The molecule has 1 fully saturated rings. The largest absolute Gasteiger partial charge is 0.329 e. The van der Waals surface area contributed by atoms with Crippen LogP contribution < -0.4 is 5.73 Å². The molecule has 0 aliphatic heterocycles. The number of fused-ring (bicyclic) bond motifs is 1. The highest BCUT2D eigenvalue weighted by molar-refractivity contribution is 6.30. The van der Waals surface area contributed by atoms with Crippen LogP contribution >= 0.6 is 11.6 Å². The number of pyridine rings is 1. The molecule has 1 aliphatic rings. The van der Waals surface area contributed by atoms with Gasteiger partial charge in [-0.05, 0) is 50.4 Å². The Morgan fingerprint density at radius 2 is 2.14 bits per heavy atom. The van der Waals surface area contributed by atoms with E-state index in [-0.39, 0.29) is 0 Å². The van der Waals surface area contributed by atoms with Gasteiger partial charge in [0.25, 0.3) is 0 Å². The van der Waals surface area contributed by atoms with E-state index in [1.54, 1.807) is 0 Å². The number of benzene rings is 1. The van der Waals surface area contributed by atoms with Crippen LogP contribution in [0.1, 0.15) is 24.0 Å². The number of likely N-dealkylation sites (N-methyl/N-ethyl adjacent to an activating group) is 1. The smallest absolute Gasteiger partial charge is 0.134 e. The van der Waals surface area contributed by atoms with Crippen LogP contribution in [0.4, 0.5) is 0 Å². The second-order valence-corrected chi connectivity index (χ2v) is 6.55. The molecule has 0 radical (unpaired) electrons. The lowest BCUT2D eigenvalue weighted by atomic mass is 10.1. The monoisotopic (exact) mass is 303 g/mol. The maximum Gasteiger partial charge on any atom is 0.134 e. The minimum atomic E-state index is 0.454. The van der Waals surface area contributed by atoms with E-state index in [9.17, 15) is 0 Å². The molecular weight excluding hydrogens is 282 g/mol. The van der Waals surface area contributed by atoms with Crippen LogP contribution in [-0.4, -0.2) is 29.5 Å². The summed E-state index contributed by atoms with van der Waals surface area (Å²) in [5.74, 6) is 0.759. The Kier molecular flexibility index (Phi) is 4.16. The molecule has 1 unspecified atom stereocenters. The lowest BCUT2D eigenvalue weighted by Gasteiger charge is -2.27. The third-order valence-corrected chi connectivity index (χ3v) is 4.72. The number of rotatable bonds is 5. The first-order chi connectivity index (χ1) is 10.1. The predicted molar refractivity (Wildman–Crippen MR) is 88.5 cm³/mol. The molecule has 0 saturated heterocycles.